The number of hydrogen-bond acceptors (Lipinski definition) is 2. The van der Waals surface area contributed by atoms with Gasteiger partial charge in [0.1, 0.15) is 5.76 Å². The third-order valence-electron chi connectivity index (χ3n) is 3.34. The maximum absolute atomic E-state index is 11.8. The molecule has 1 aromatic carbocycles. The summed E-state index contributed by atoms with van der Waals surface area (Å²) in [6.45, 7) is 0. The highest BCUT2D eigenvalue weighted by atomic mass is 16.3. The molecule has 1 unspecified atom stereocenters. The normalized spacial score (nSPS) is 19.7. The number of allylic oxidation sites excluding steroid dienone is 2. The van der Waals surface area contributed by atoms with Crippen molar-refractivity contribution in [2.75, 3.05) is 0 Å². The van der Waals surface area contributed by atoms with Gasteiger partial charge in [-0.25, -0.2) is 0 Å². The predicted molar refractivity (Wildman–Crippen MR) is 70.1 cm³/mol. The van der Waals surface area contributed by atoms with Crippen LogP contribution in [0.5, 0.6) is 0 Å². The van der Waals surface area contributed by atoms with E-state index in [-0.39, 0.29) is 11.7 Å². The molecular formula is C16H14O2. The Morgan fingerprint density at radius 1 is 1.00 bits per heavy atom. The molecule has 0 spiro atoms. The van der Waals surface area contributed by atoms with Crippen LogP contribution in [0.15, 0.2) is 59.2 Å². The lowest BCUT2D eigenvalue weighted by molar-refractivity contribution is -0.115. The lowest BCUT2D eigenvalue weighted by Crippen LogP contribution is -2.11. The van der Waals surface area contributed by atoms with E-state index in [2.05, 4.69) is 0 Å². The molecule has 1 heterocycles. The minimum Gasteiger partial charge on any atom is -0.469 e. The number of hydrogen-bond donors (Lipinski definition) is 0. The largest absolute Gasteiger partial charge is 0.469 e. The summed E-state index contributed by atoms with van der Waals surface area (Å²) >= 11 is 0. The van der Waals surface area contributed by atoms with E-state index in [0.29, 0.717) is 6.42 Å². The fraction of sp³-hybridized carbons (Fsp3) is 0.188. The Kier molecular flexibility index (Phi) is 2.85. The maximum atomic E-state index is 11.8. The van der Waals surface area contributed by atoms with Gasteiger partial charge >= 0.3 is 0 Å². The average Bonchev–Trinajstić information content (AvgIpc) is 2.93. The van der Waals surface area contributed by atoms with Crippen molar-refractivity contribution in [3.05, 3.63) is 66.1 Å². The fourth-order valence-electron chi connectivity index (χ4n) is 2.47. The summed E-state index contributed by atoms with van der Waals surface area (Å²) < 4.78 is 5.43. The van der Waals surface area contributed by atoms with Crippen molar-refractivity contribution in [3.8, 4) is 0 Å². The molecular weight excluding hydrogens is 224 g/mol. The van der Waals surface area contributed by atoms with Crippen molar-refractivity contribution in [2.24, 2.45) is 0 Å². The molecule has 1 aliphatic rings. The summed E-state index contributed by atoms with van der Waals surface area (Å²) in [6.07, 6.45) is 4.85. The average molecular weight is 238 g/mol. The second-order valence-electron chi connectivity index (χ2n) is 4.62. The van der Waals surface area contributed by atoms with Crippen LogP contribution < -0.4 is 0 Å². The first-order valence-electron chi connectivity index (χ1n) is 6.15. The zero-order valence-electron chi connectivity index (χ0n) is 10.0. The second-order valence-corrected chi connectivity index (χ2v) is 4.62. The van der Waals surface area contributed by atoms with Crippen LogP contribution in [-0.2, 0) is 4.79 Å². The number of benzene rings is 1. The Labute approximate surface area is 106 Å². The van der Waals surface area contributed by atoms with E-state index in [4.69, 9.17) is 4.42 Å². The Morgan fingerprint density at radius 2 is 1.83 bits per heavy atom. The molecule has 0 aliphatic heterocycles. The van der Waals surface area contributed by atoms with Crippen molar-refractivity contribution in [1.29, 1.82) is 0 Å². The molecule has 1 aliphatic carbocycles. The van der Waals surface area contributed by atoms with Crippen LogP contribution >= 0.6 is 0 Å². The summed E-state index contributed by atoms with van der Waals surface area (Å²) in [4.78, 5) is 11.8. The fourth-order valence-corrected chi connectivity index (χ4v) is 2.47. The molecule has 0 saturated carbocycles. The highest BCUT2D eigenvalue weighted by Gasteiger charge is 2.24. The van der Waals surface area contributed by atoms with Gasteiger partial charge in [-0.15, -0.1) is 0 Å². The third kappa shape index (κ3) is 2.14. The van der Waals surface area contributed by atoms with Gasteiger partial charge in [0.05, 0.1) is 6.26 Å². The summed E-state index contributed by atoms with van der Waals surface area (Å²) in [6, 6.07) is 13.9. The first kappa shape index (κ1) is 11.0. The third-order valence-corrected chi connectivity index (χ3v) is 3.34. The Balaban J connectivity index is 1.90. The topological polar surface area (TPSA) is 30.2 Å². The van der Waals surface area contributed by atoms with Gasteiger partial charge in [0.2, 0.25) is 0 Å². The molecule has 2 aromatic rings. The molecule has 2 heteroatoms. The standard InChI is InChI=1S/C16H14O2/c17-15-10-13(12-5-2-1-3-6-12)9-14(11-15)16-7-4-8-18-16/h1-8,10,14H,9,11H2. The van der Waals surface area contributed by atoms with E-state index in [9.17, 15) is 4.79 Å². The smallest absolute Gasteiger partial charge is 0.156 e. The molecule has 0 fully saturated rings. The summed E-state index contributed by atoms with van der Waals surface area (Å²) in [7, 11) is 0. The van der Waals surface area contributed by atoms with Crippen LogP contribution in [0.25, 0.3) is 5.57 Å². The van der Waals surface area contributed by atoms with E-state index in [1.165, 1.54) is 0 Å². The molecule has 2 nitrogen and oxygen atoms in total. The van der Waals surface area contributed by atoms with E-state index in [1.807, 2.05) is 42.5 Å². The van der Waals surface area contributed by atoms with Crippen molar-refractivity contribution >= 4 is 11.4 Å². The number of carbonyl (C=O) groups excluding carboxylic acids is 1. The lowest BCUT2D eigenvalue weighted by Gasteiger charge is -2.20. The zero-order valence-corrected chi connectivity index (χ0v) is 10.0. The number of rotatable bonds is 2. The minimum atomic E-state index is 0.174. The van der Waals surface area contributed by atoms with Crippen molar-refractivity contribution in [2.45, 2.75) is 18.8 Å². The molecule has 90 valence electrons. The monoisotopic (exact) mass is 238 g/mol. The van der Waals surface area contributed by atoms with Crippen molar-refractivity contribution in [3.63, 3.8) is 0 Å². The second kappa shape index (κ2) is 4.65. The van der Waals surface area contributed by atoms with Crippen LogP contribution in [0.2, 0.25) is 0 Å². The summed E-state index contributed by atoms with van der Waals surface area (Å²) in [5.74, 6) is 1.26. The van der Waals surface area contributed by atoms with Gasteiger partial charge in [-0.2, -0.15) is 0 Å². The van der Waals surface area contributed by atoms with E-state index in [1.54, 1.807) is 12.3 Å². The van der Waals surface area contributed by atoms with Crippen LogP contribution in [-0.4, -0.2) is 5.78 Å². The van der Waals surface area contributed by atoms with E-state index in [0.717, 1.165) is 23.3 Å². The molecule has 0 amide bonds. The lowest BCUT2D eigenvalue weighted by atomic mass is 9.84. The van der Waals surface area contributed by atoms with Gasteiger partial charge in [-0.3, -0.25) is 4.79 Å². The number of furan rings is 1. The maximum Gasteiger partial charge on any atom is 0.156 e. The summed E-state index contributed by atoms with van der Waals surface area (Å²) in [5, 5.41) is 0. The van der Waals surface area contributed by atoms with Crippen molar-refractivity contribution in [1.82, 2.24) is 0 Å². The van der Waals surface area contributed by atoms with Gasteiger partial charge < -0.3 is 4.42 Å². The quantitative estimate of drug-likeness (QED) is 0.796. The molecule has 1 aromatic heterocycles. The highest BCUT2D eigenvalue weighted by Crippen LogP contribution is 2.35. The van der Waals surface area contributed by atoms with Gasteiger partial charge in [0.25, 0.3) is 0 Å². The van der Waals surface area contributed by atoms with Crippen LogP contribution in [0.3, 0.4) is 0 Å². The van der Waals surface area contributed by atoms with Crippen LogP contribution in [0.1, 0.15) is 30.1 Å². The molecule has 0 bridgehead atoms. The molecule has 18 heavy (non-hydrogen) atoms. The van der Waals surface area contributed by atoms with Gasteiger partial charge in [0, 0.05) is 12.3 Å². The van der Waals surface area contributed by atoms with Crippen molar-refractivity contribution < 1.29 is 9.21 Å². The Hall–Kier alpha value is -2.09. The van der Waals surface area contributed by atoms with Gasteiger partial charge in [-0.05, 0) is 35.8 Å². The van der Waals surface area contributed by atoms with Gasteiger partial charge in [0.15, 0.2) is 5.78 Å². The van der Waals surface area contributed by atoms with Crippen LogP contribution in [0, 0.1) is 0 Å². The molecule has 0 N–H and O–H groups in total. The van der Waals surface area contributed by atoms with Crippen LogP contribution in [0.4, 0.5) is 0 Å². The SMILES string of the molecule is O=C1C=C(c2ccccc2)CC(c2ccco2)C1. The first-order valence-corrected chi connectivity index (χ1v) is 6.15. The minimum absolute atomic E-state index is 0.174. The highest BCUT2D eigenvalue weighted by molar-refractivity contribution is 5.99. The Morgan fingerprint density at radius 3 is 2.56 bits per heavy atom. The molecule has 3 rings (SSSR count). The number of ketones is 1. The molecule has 0 saturated heterocycles. The summed E-state index contributed by atoms with van der Waals surface area (Å²) in [5.41, 5.74) is 2.23. The van der Waals surface area contributed by atoms with E-state index < -0.39 is 0 Å². The first-order chi connectivity index (χ1) is 8.83. The molecule has 1 atom stereocenters. The Bertz CT molecular complexity index is 564. The molecule has 0 radical (unpaired) electrons. The predicted octanol–water partition coefficient (Wildman–Crippen LogP) is 3.81. The number of carbonyl (C=O) groups is 1. The van der Waals surface area contributed by atoms with Gasteiger partial charge in [-0.1, -0.05) is 30.3 Å². The van der Waals surface area contributed by atoms with E-state index >= 15 is 0 Å². The zero-order chi connectivity index (χ0) is 12.4.